The number of amides is 1. The van der Waals surface area contributed by atoms with Crippen LogP contribution in [0.3, 0.4) is 0 Å². The third-order valence-electron chi connectivity index (χ3n) is 1.97. The Labute approximate surface area is 122 Å². The predicted molar refractivity (Wildman–Crippen MR) is 77.5 cm³/mol. The van der Waals surface area contributed by atoms with E-state index < -0.39 is 6.09 Å². The van der Waals surface area contributed by atoms with Crippen LogP contribution in [0, 0.1) is 3.57 Å². The summed E-state index contributed by atoms with van der Waals surface area (Å²) in [4.78, 5) is 10.7. The number of nitrogens with two attached hydrogens (primary N) is 1. The molecule has 1 aromatic rings. The molecule has 2 N–H and O–H groups in total. The molecule has 94 valence electrons. The highest BCUT2D eigenvalue weighted by Gasteiger charge is 2.13. The van der Waals surface area contributed by atoms with Gasteiger partial charge in [-0.3, -0.25) is 0 Å². The van der Waals surface area contributed by atoms with Crippen LogP contribution in [0.5, 0.6) is 11.5 Å². The maximum absolute atomic E-state index is 10.7. The topological polar surface area (TPSA) is 61.6 Å². The molecule has 6 heteroatoms. The first-order valence-corrected chi connectivity index (χ1v) is 7.01. The van der Waals surface area contributed by atoms with Crippen molar-refractivity contribution in [2.75, 3.05) is 6.61 Å². The quantitative estimate of drug-likeness (QED) is 0.591. The molecule has 0 atom stereocenters. The standard InChI is InChI=1S/C11H13BrINO3/c1-2-3-6-16-10-7(12)4-5-8(9(10)13)17-11(14)15/h4-5H,2-3,6H2,1H3,(H2,14,15). The zero-order chi connectivity index (χ0) is 12.8. The smallest absolute Gasteiger partial charge is 0.410 e. The predicted octanol–water partition coefficient (Wildman–Crippen LogP) is 3.69. The summed E-state index contributed by atoms with van der Waals surface area (Å²) in [5.74, 6) is 1.09. The van der Waals surface area contributed by atoms with E-state index in [0.717, 1.165) is 20.9 Å². The Morgan fingerprint density at radius 3 is 2.82 bits per heavy atom. The normalized spacial score (nSPS) is 10.1. The minimum Gasteiger partial charge on any atom is -0.491 e. The molecule has 1 rings (SSSR count). The van der Waals surface area contributed by atoms with Crippen molar-refractivity contribution in [2.24, 2.45) is 5.73 Å². The first kappa shape index (κ1) is 14.6. The lowest BCUT2D eigenvalue weighted by Crippen LogP contribution is -2.17. The molecule has 0 aliphatic heterocycles. The molecule has 0 bridgehead atoms. The molecular formula is C11H13BrINO3. The molecule has 4 nitrogen and oxygen atoms in total. The van der Waals surface area contributed by atoms with E-state index in [1.54, 1.807) is 12.1 Å². The van der Waals surface area contributed by atoms with Crippen molar-refractivity contribution in [3.05, 3.63) is 20.2 Å². The number of ether oxygens (including phenoxy) is 2. The van der Waals surface area contributed by atoms with Gasteiger partial charge < -0.3 is 15.2 Å². The molecule has 0 radical (unpaired) electrons. The molecule has 0 aliphatic rings. The van der Waals surface area contributed by atoms with Crippen molar-refractivity contribution in [3.8, 4) is 11.5 Å². The Morgan fingerprint density at radius 2 is 2.24 bits per heavy atom. The van der Waals surface area contributed by atoms with Crippen molar-refractivity contribution >= 4 is 44.6 Å². The lowest BCUT2D eigenvalue weighted by molar-refractivity contribution is 0.210. The Bertz CT molecular complexity index is 412. The molecule has 0 heterocycles. The van der Waals surface area contributed by atoms with Gasteiger partial charge in [0.1, 0.15) is 5.75 Å². The Kier molecular flexibility index (Phi) is 6.04. The molecule has 0 saturated heterocycles. The largest absolute Gasteiger partial charge is 0.491 e. The minimum atomic E-state index is -0.829. The maximum Gasteiger partial charge on any atom is 0.410 e. The van der Waals surface area contributed by atoms with Crippen LogP contribution in [0.2, 0.25) is 0 Å². The van der Waals surface area contributed by atoms with E-state index in [1.807, 2.05) is 0 Å². The van der Waals surface area contributed by atoms with Crippen LogP contribution in [0.1, 0.15) is 19.8 Å². The second-order valence-corrected chi connectivity index (χ2v) is 5.24. The van der Waals surface area contributed by atoms with Gasteiger partial charge in [-0.15, -0.1) is 0 Å². The second kappa shape index (κ2) is 7.05. The van der Waals surface area contributed by atoms with E-state index in [4.69, 9.17) is 15.2 Å². The summed E-state index contributed by atoms with van der Waals surface area (Å²) in [6.45, 7) is 2.72. The highest BCUT2D eigenvalue weighted by molar-refractivity contribution is 14.1. The van der Waals surface area contributed by atoms with Crippen molar-refractivity contribution in [3.63, 3.8) is 0 Å². The fraction of sp³-hybridized carbons (Fsp3) is 0.364. The van der Waals surface area contributed by atoms with Crippen LogP contribution in [0.4, 0.5) is 4.79 Å². The maximum atomic E-state index is 10.7. The number of hydrogen-bond donors (Lipinski definition) is 1. The van der Waals surface area contributed by atoms with Crippen LogP contribution in [-0.4, -0.2) is 12.7 Å². The van der Waals surface area contributed by atoms with Crippen molar-refractivity contribution in [1.82, 2.24) is 0 Å². The van der Waals surface area contributed by atoms with E-state index in [1.165, 1.54) is 0 Å². The van der Waals surface area contributed by atoms with Crippen LogP contribution >= 0.6 is 38.5 Å². The Morgan fingerprint density at radius 1 is 1.53 bits per heavy atom. The minimum absolute atomic E-state index is 0.410. The first-order valence-electron chi connectivity index (χ1n) is 5.14. The van der Waals surface area contributed by atoms with E-state index >= 15 is 0 Å². The van der Waals surface area contributed by atoms with Crippen molar-refractivity contribution in [2.45, 2.75) is 19.8 Å². The molecule has 1 aromatic carbocycles. The number of halogens is 2. The summed E-state index contributed by atoms with van der Waals surface area (Å²) in [5, 5.41) is 0. The summed E-state index contributed by atoms with van der Waals surface area (Å²) in [7, 11) is 0. The molecule has 0 fully saturated rings. The van der Waals surface area contributed by atoms with Crippen LogP contribution < -0.4 is 15.2 Å². The van der Waals surface area contributed by atoms with Crippen molar-refractivity contribution < 1.29 is 14.3 Å². The van der Waals surface area contributed by atoms with Crippen LogP contribution in [0.15, 0.2) is 16.6 Å². The molecule has 0 spiro atoms. The zero-order valence-corrected chi connectivity index (χ0v) is 13.1. The summed E-state index contributed by atoms with van der Waals surface area (Å²) < 4.78 is 12.1. The SMILES string of the molecule is CCCCOc1c(Br)ccc(OC(N)=O)c1I. The Hall–Kier alpha value is -0.500. The number of primary amides is 1. The van der Waals surface area contributed by atoms with Crippen LogP contribution in [-0.2, 0) is 0 Å². The van der Waals surface area contributed by atoms with Gasteiger partial charge in [-0.2, -0.15) is 0 Å². The molecule has 0 unspecified atom stereocenters. The average Bonchev–Trinajstić information content (AvgIpc) is 2.27. The molecule has 0 aliphatic carbocycles. The fourth-order valence-electron chi connectivity index (χ4n) is 1.15. The summed E-state index contributed by atoms with van der Waals surface area (Å²) in [6, 6.07) is 3.44. The third kappa shape index (κ3) is 4.34. The number of rotatable bonds is 5. The third-order valence-corrected chi connectivity index (χ3v) is 3.61. The summed E-state index contributed by atoms with van der Waals surface area (Å²) in [5.41, 5.74) is 4.99. The molecule has 17 heavy (non-hydrogen) atoms. The second-order valence-electron chi connectivity index (χ2n) is 3.31. The van der Waals surface area contributed by atoms with Crippen LogP contribution in [0.25, 0.3) is 0 Å². The van der Waals surface area contributed by atoms with Gasteiger partial charge >= 0.3 is 6.09 Å². The lowest BCUT2D eigenvalue weighted by Gasteiger charge is -2.12. The fourth-order valence-corrected chi connectivity index (χ4v) is 2.70. The van der Waals surface area contributed by atoms with E-state index in [9.17, 15) is 4.79 Å². The van der Waals surface area contributed by atoms with Gasteiger partial charge in [-0.05, 0) is 57.1 Å². The van der Waals surface area contributed by atoms with Gasteiger partial charge in [0.25, 0.3) is 0 Å². The summed E-state index contributed by atoms with van der Waals surface area (Å²) in [6.07, 6.45) is 1.21. The highest BCUT2D eigenvalue weighted by Crippen LogP contribution is 2.36. The molecule has 0 saturated carbocycles. The number of carbonyl (C=O) groups is 1. The number of benzene rings is 1. The first-order chi connectivity index (χ1) is 8.06. The lowest BCUT2D eigenvalue weighted by atomic mass is 10.3. The van der Waals surface area contributed by atoms with Gasteiger partial charge in [-0.25, -0.2) is 4.79 Å². The van der Waals surface area contributed by atoms with Gasteiger partial charge in [0, 0.05) is 0 Å². The average molecular weight is 414 g/mol. The number of carbonyl (C=O) groups excluding carboxylic acids is 1. The molecular weight excluding hydrogens is 401 g/mol. The zero-order valence-electron chi connectivity index (χ0n) is 9.33. The molecule has 1 amide bonds. The Balaban J connectivity index is 2.90. The highest BCUT2D eigenvalue weighted by atomic mass is 127. The van der Waals surface area contributed by atoms with Gasteiger partial charge in [0.2, 0.25) is 0 Å². The van der Waals surface area contributed by atoms with Gasteiger partial charge in [-0.1, -0.05) is 13.3 Å². The number of unbranched alkanes of at least 4 members (excludes halogenated alkanes) is 1. The van der Waals surface area contributed by atoms with E-state index in [0.29, 0.717) is 18.1 Å². The van der Waals surface area contributed by atoms with Gasteiger partial charge in [0.05, 0.1) is 14.6 Å². The van der Waals surface area contributed by atoms with E-state index in [2.05, 4.69) is 45.4 Å². The monoisotopic (exact) mass is 413 g/mol. The van der Waals surface area contributed by atoms with Gasteiger partial charge in [0.15, 0.2) is 5.75 Å². The summed E-state index contributed by atoms with van der Waals surface area (Å²) >= 11 is 5.46. The number of hydrogen-bond acceptors (Lipinski definition) is 3. The molecule has 0 aromatic heterocycles. The van der Waals surface area contributed by atoms with E-state index in [-0.39, 0.29) is 0 Å². The van der Waals surface area contributed by atoms with Crippen molar-refractivity contribution in [1.29, 1.82) is 0 Å².